The van der Waals surface area contributed by atoms with E-state index in [0.717, 1.165) is 25.6 Å². The van der Waals surface area contributed by atoms with Crippen molar-refractivity contribution in [2.45, 2.75) is 26.7 Å². The topological polar surface area (TPSA) is 21.3 Å². The molecule has 0 aromatic heterocycles. The van der Waals surface area contributed by atoms with Crippen LogP contribution in [-0.4, -0.2) is 26.3 Å². The third-order valence-corrected chi connectivity index (χ3v) is 2.38. The van der Waals surface area contributed by atoms with Gasteiger partial charge in [0.05, 0.1) is 6.61 Å². The summed E-state index contributed by atoms with van der Waals surface area (Å²) in [6.45, 7) is 7.97. The Kier molecular flexibility index (Phi) is 5.66. The van der Waals surface area contributed by atoms with Gasteiger partial charge in [0.1, 0.15) is 6.61 Å². The fourth-order valence-electron chi connectivity index (χ4n) is 1.57. The Balaban J connectivity index is 2.01. The zero-order valence-corrected chi connectivity index (χ0v) is 9.31. The Morgan fingerprint density at radius 1 is 1.36 bits per heavy atom. The van der Waals surface area contributed by atoms with Gasteiger partial charge in [-0.2, -0.15) is 0 Å². The van der Waals surface area contributed by atoms with Crippen LogP contribution in [0.5, 0.6) is 0 Å². The second-order valence-electron chi connectivity index (χ2n) is 4.18. The predicted molar refractivity (Wildman–Crippen MR) is 59.0 cm³/mol. The van der Waals surface area contributed by atoms with Crippen LogP contribution in [0.25, 0.3) is 0 Å². The highest BCUT2D eigenvalue weighted by atomic mass is 16.5. The number of hydrogen-bond donors (Lipinski definition) is 1. The van der Waals surface area contributed by atoms with E-state index < -0.39 is 0 Å². The lowest BCUT2D eigenvalue weighted by Crippen LogP contribution is -2.29. The average molecular weight is 195 g/mol. The van der Waals surface area contributed by atoms with E-state index in [4.69, 9.17) is 4.74 Å². The summed E-state index contributed by atoms with van der Waals surface area (Å²) in [5, 5.41) is 3.35. The van der Waals surface area contributed by atoms with Crippen LogP contribution in [0, 0.1) is 23.7 Å². The van der Waals surface area contributed by atoms with Crippen molar-refractivity contribution in [3.63, 3.8) is 0 Å². The molecular formula is C12H21NO. The van der Waals surface area contributed by atoms with Crippen molar-refractivity contribution >= 4 is 0 Å². The normalized spacial score (nSPS) is 17.9. The molecule has 1 N–H and O–H groups in total. The van der Waals surface area contributed by atoms with Crippen LogP contribution in [0.15, 0.2) is 0 Å². The Hall–Kier alpha value is -0.520. The summed E-state index contributed by atoms with van der Waals surface area (Å²) in [5.41, 5.74) is 0. The Morgan fingerprint density at radius 2 is 2.07 bits per heavy atom. The SMILES string of the molecule is CC(C)C#CCOCC1CCNCC1. The van der Waals surface area contributed by atoms with Gasteiger partial charge >= 0.3 is 0 Å². The van der Waals surface area contributed by atoms with Crippen LogP contribution < -0.4 is 5.32 Å². The molecule has 0 atom stereocenters. The summed E-state index contributed by atoms with van der Waals surface area (Å²) in [6.07, 6.45) is 2.50. The fourth-order valence-corrected chi connectivity index (χ4v) is 1.57. The Bertz CT molecular complexity index is 196. The highest BCUT2D eigenvalue weighted by molar-refractivity contribution is 5.01. The van der Waals surface area contributed by atoms with E-state index >= 15 is 0 Å². The van der Waals surface area contributed by atoms with E-state index in [1.807, 2.05) is 0 Å². The van der Waals surface area contributed by atoms with Crippen LogP contribution >= 0.6 is 0 Å². The molecule has 2 heteroatoms. The molecule has 14 heavy (non-hydrogen) atoms. The minimum Gasteiger partial charge on any atom is -0.368 e. The van der Waals surface area contributed by atoms with Crippen LogP contribution in [0.3, 0.4) is 0 Å². The maximum absolute atomic E-state index is 5.52. The molecule has 80 valence electrons. The lowest BCUT2D eigenvalue weighted by atomic mass is 9.99. The van der Waals surface area contributed by atoms with Gasteiger partial charge in [0.25, 0.3) is 0 Å². The van der Waals surface area contributed by atoms with Crippen molar-refractivity contribution in [3.05, 3.63) is 0 Å². The molecule has 0 amide bonds. The van der Waals surface area contributed by atoms with Gasteiger partial charge < -0.3 is 10.1 Å². The van der Waals surface area contributed by atoms with E-state index in [0.29, 0.717) is 12.5 Å². The maximum Gasteiger partial charge on any atom is 0.107 e. The zero-order chi connectivity index (χ0) is 10.2. The van der Waals surface area contributed by atoms with Crippen molar-refractivity contribution in [1.29, 1.82) is 0 Å². The molecule has 0 saturated carbocycles. The van der Waals surface area contributed by atoms with Crippen LogP contribution in [-0.2, 0) is 4.74 Å². The summed E-state index contributed by atoms with van der Waals surface area (Å²) in [5.74, 6) is 7.34. The van der Waals surface area contributed by atoms with Crippen molar-refractivity contribution in [1.82, 2.24) is 5.32 Å². The second kappa shape index (κ2) is 6.86. The molecule has 0 spiro atoms. The number of nitrogens with one attached hydrogen (secondary N) is 1. The van der Waals surface area contributed by atoms with Crippen molar-refractivity contribution < 1.29 is 4.74 Å². The van der Waals surface area contributed by atoms with Crippen LogP contribution in [0.4, 0.5) is 0 Å². The molecule has 1 aliphatic rings. The summed E-state index contributed by atoms with van der Waals surface area (Å²) in [7, 11) is 0. The number of rotatable bonds is 3. The highest BCUT2D eigenvalue weighted by Crippen LogP contribution is 2.11. The van der Waals surface area contributed by atoms with Crippen LogP contribution in [0.2, 0.25) is 0 Å². The molecule has 0 radical (unpaired) electrons. The summed E-state index contributed by atoms with van der Waals surface area (Å²) >= 11 is 0. The van der Waals surface area contributed by atoms with Crippen molar-refractivity contribution in [2.24, 2.45) is 11.8 Å². The summed E-state index contributed by atoms with van der Waals surface area (Å²) < 4.78 is 5.52. The average Bonchev–Trinajstić information content (AvgIpc) is 2.18. The lowest BCUT2D eigenvalue weighted by molar-refractivity contribution is 0.112. The van der Waals surface area contributed by atoms with Crippen molar-refractivity contribution in [2.75, 3.05) is 26.3 Å². The Morgan fingerprint density at radius 3 is 2.71 bits per heavy atom. The Labute approximate surface area is 87.4 Å². The molecule has 0 aromatic rings. The van der Waals surface area contributed by atoms with Gasteiger partial charge in [-0.3, -0.25) is 0 Å². The first-order valence-electron chi connectivity index (χ1n) is 5.56. The number of ether oxygens (including phenoxy) is 1. The second-order valence-corrected chi connectivity index (χ2v) is 4.18. The summed E-state index contributed by atoms with van der Waals surface area (Å²) in [6, 6.07) is 0. The first-order chi connectivity index (χ1) is 6.79. The third kappa shape index (κ3) is 5.26. The third-order valence-electron chi connectivity index (χ3n) is 2.38. The van der Waals surface area contributed by atoms with Gasteiger partial charge in [-0.25, -0.2) is 0 Å². The monoisotopic (exact) mass is 195 g/mol. The van der Waals surface area contributed by atoms with Gasteiger partial charge in [0.2, 0.25) is 0 Å². The van der Waals surface area contributed by atoms with E-state index in [1.54, 1.807) is 0 Å². The smallest absolute Gasteiger partial charge is 0.107 e. The quantitative estimate of drug-likeness (QED) is 0.546. The number of piperidine rings is 1. The van der Waals surface area contributed by atoms with Gasteiger partial charge in [-0.05, 0) is 31.8 Å². The molecule has 1 saturated heterocycles. The predicted octanol–water partition coefficient (Wildman–Crippen LogP) is 1.66. The molecule has 0 aromatic carbocycles. The highest BCUT2D eigenvalue weighted by Gasteiger charge is 2.12. The van der Waals surface area contributed by atoms with Crippen LogP contribution in [0.1, 0.15) is 26.7 Å². The molecule has 1 heterocycles. The molecule has 0 unspecified atom stereocenters. The van der Waals surface area contributed by atoms with Crippen molar-refractivity contribution in [3.8, 4) is 11.8 Å². The van der Waals surface area contributed by atoms with E-state index in [1.165, 1.54) is 12.8 Å². The van der Waals surface area contributed by atoms with E-state index in [-0.39, 0.29) is 0 Å². The molecule has 0 aliphatic carbocycles. The molecule has 0 bridgehead atoms. The largest absolute Gasteiger partial charge is 0.368 e. The first kappa shape index (κ1) is 11.6. The minimum absolute atomic E-state index is 0.456. The maximum atomic E-state index is 5.52. The van der Waals surface area contributed by atoms with E-state index in [9.17, 15) is 0 Å². The molecule has 2 nitrogen and oxygen atoms in total. The van der Waals surface area contributed by atoms with Gasteiger partial charge in [0, 0.05) is 5.92 Å². The lowest BCUT2D eigenvalue weighted by Gasteiger charge is -2.21. The van der Waals surface area contributed by atoms with E-state index in [2.05, 4.69) is 31.0 Å². The first-order valence-corrected chi connectivity index (χ1v) is 5.56. The van der Waals surface area contributed by atoms with Gasteiger partial charge in [-0.15, -0.1) is 0 Å². The summed E-state index contributed by atoms with van der Waals surface area (Å²) in [4.78, 5) is 0. The van der Waals surface area contributed by atoms with Gasteiger partial charge in [-0.1, -0.05) is 25.7 Å². The molecular weight excluding hydrogens is 174 g/mol. The standard InChI is InChI=1S/C12H21NO/c1-11(2)4-3-9-14-10-12-5-7-13-8-6-12/h11-13H,5-10H2,1-2H3. The van der Waals surface area contributed by atoms with Gasteiger partial charge in [0.15, 0.2) is 0 Å². The zero-order valence-electron chi connectivity index (χ0n) is 9.31. The minimum atomic E-state index is 0.456. The molecule has 1 aliphatic heterocycles. The molecule has 1 rings (SSSR count). The molecule has 1 fully saturated rings. The number of hydrogen-bond acceptors (Lipinski definition) is 2. The fraction of sp³-hybridized carbons (Fsp3) is 0.833.